The number of halogens is 1. The summed E-state index contributed by atoms with van der Waals surface area (Å²) in [7, 11) is 0. The molecule has 0 spiro atoms. The van der Waals surface area contributed by atoms with Crippen LogP contribution in [0.2, 0.25) is 5.02 Å². The van der Waals surface area contributed by atoms with Crippen molar-refractivity contribution in [3.63, 3.8) is 0 Å². The van der Waals surface area contributed by atoms with Crippen LogP contribution in [0.5, 0.6) is 0 Å². The number of ether oxygens (including phenoxy) is 1. The molecule has 1 fully saturated rings. The van der Waals surface area contributed by atoms with E-state index in [1.54, 1.807) is 32.9 Å². The zero-order chi connectivity index (χ0) is 26.9. The van der Waals surface area contributed by atoms with Crippen molar-refractivity contribution in [1.29, 1.82) is 0 Å². The Labute approximate surface area is 240 Å². The number of morpholine rings is 1. The predicted octanol–water partition coefficient (Wildman–Crippen LogP) is 5.59. The van der Waals surface area contributed by atoms with Crippen molar-refractivity contribution < 1.29 is 14.3 Å². The van der Waals surface area contributed by atoms with E-state index in [1.165, 1.54) is 0 Å². The molecule has 10 heteroatoms. The van der Waals surface area contributed by atoms with Crippen LogP contribution in [-0.2, 0) is 14.3 Å². The van der Waals surface area contributed by atoms with Gasteiger partial charge in [0.1, 0.15) is 12.4 Å². The number of anilines is 1. The molecule has 2 amide bonds. The summed E-state index contributed by atoms with van der Waals surface area (Å²) in [5.41, 5.74) is 5.64. The minimum Gasteiger partial charge on any atom is -0.378 e. The summed E-state index contributed by atoms with van der Waals surface area (Å²) < 4.78 is 7.27. The van der Waals surface area contributed by atoms with Crippen LogP contribution in [0.4, 0.5) is 5.82 Å². The number of thiophene rings is 1. The number of hydrogen-bond donors (Lipinski definition) is 0. The summed E-state index contributed by atoms with van der Waals surface area (Å²) in [5, 5.41) is 9.80. The fourth-order valence-electron chi connectivity index (χ4n) is 4.94. The lowest BCUT2D eigenvalue weighted by Gasteiger charge is -2.30. The second-order valence-electron chi connectivity index (χ2n) is 9.56. The van der Waals surface area contributed by atoms with Gasteiger partial charge in [-0.25, -0.2) is 4.68 Å². The Morgan fingerprint density at radius 3 is 2.51 bits per heavy atom. The number of aryl methyl sites for hydroxylation is 1. The van der Waals surface area contributed by atoms with Crippen LogP contribution in [0.3, 0.4) is 0 Å². The van der Waals surface area contributed by atoms with Gasteiger partial charge in [0.15, 0.2) is 0 Å². The monoisotopic (exact) mass is 578 g/mol. The molecule has 4 heterocycles. The molecule has 1 unspecified atom stereocenters. The number of aromatic nitrogens is 2. The van der Waals surface area contributed by atoms with Gasteiger partial charge in [0.05, 0.1) is 35.6 Å². The summed E-state index contributed by atoms with van der Waals surface area (Å²) in [6, 6.07) is 17.8. The molecule has 2 aromatic heterocycles. The average Bonchev–Trinajstić information content (AvgIpc) is 3.60. The molecule has 2 aliphatic rings. The number of carbonyl (C=O) groups excluding carboxylic acids is 2. The van der Waals surface area contributed by atoms with Gasteiger partial charge in [0.25, 0.3) is 0 Å². The molecule has 7 nitrogen and oxygen atoms in total. The highest BCUT2D eigenvalue weighted by atomic mass is 35.5. The fourth-order valence-corrected chi connectivity index (χ4v) is 7.03. The van der Waals surface area contributed by atoms with Gasteiger partial charge < -0.3 is 9.64 Å². The lowest BCUT2D eigenvalue weighted by Crippen LogP contribution is -2.48. The van der Waals surface area contributed by atoms with E-state index in [0.717, 1.165) is 33.6 Å². The Kier molecular flexibility index (Phi) is 7.49. The molecule has 6 rings (SSSR count). The van der Waals surface area contributed by atoms with E-state index in [9.17, 15) is 9.59 Å². The van der Waals surface area contributed by atoms with E-state index in [1.807, 2.05) is 65.5 Å². The Morgan fingerprint density at radius 2 is 1.82 bits per heavy atom. The zero-order valence-corrected chi connectivity index (χ0v) is 23.8. The van der Waals surface area contributed by atoms with E-state index in [-0.39, 0.29) is 29.4 Å². The van der Waals surface area contributed by atoms with Gasteiger partial charge in [-0.05, 0) is 53.6 Å². The van der Waals surface area contributed by atoms with Gasteiger partial charge in [0, 0.05) is 29.2 Å². The molecule has 2 aliphatic heterocycles. The maximum atomic E-state index is 13.8. The molecular weight excluding hydrogens is 552 g/mol. The van der Waals surface area contributed by atoms with E-state index in [4.69, 9.17) is 21.4 Å². The van der Waals surface area contributed by atoms with E-state index in [0.29, 0.717) is 37.1 Å². The molecule has 0 radical (unpaired) electrons. The van der Waals surface area contributed by atoms with Crippen LogP contribution in [0.15, 0.2) is 65.4 Å². The summed E-state index contributed by atoms with van der Waals surface area (Å²) in [4.78, 5) is 30.7. The lowest BCUT2D eigenvalue weighted by atomic mass is 10.0. The summed E-state index contributed by atoms with van der Waals surface area (Å²) in [5.74, 6) is 0.675. The number of carbonyl (C=O) groups is 2. The second kappa shape index (κ2) is 11.2. The van der Waals surface area contributed by atoms with Crippen LogP contribution in [-0.4, -0.2) is 65.1 Å². The maximum Gasteiger partial charge on any atom is 0.242 e. The molecular formula is C29H27ClN4O3S2. The molecule has 39 heavy (non-hydrogen) atoms. The van der Waals surface area contributed by atoms with Crippen LogP contribution in [0.25, 0.3) is 16.9 Å². The number of hydrogen-bond acceptors (Lipinski definition) is 6. The molecule has 1 saturated heterocycles. The molecule has 1 atom stereocenters. The number of nitrogens with zero attached hydrogens (tertiary/aromatic N) is 4. The van der Waals surface area contributed by atoms with Gasteiger partial charge in [0.2, 0.25) is 11.8 Å². The average molecular weight is 579 g/mol. The first kappa shape index (κ1) is 26.1. The van der Waals surface area contributed by atoms with Gasteiger partial charge in [-0.1, -0.05) is 41.4 Å². The van der Waals surface area contributed by atoms with Gasteiger partial charge in [-0.15, -0.1) is 11.8 Å². The molecule has 0 saturated carbocycles. The Hall–Kier alpha value is -3.11. The number of thioether (sulfide) groups is 1. The standard InChI is InChI=1S/C29H27ClN4O3S2/c1-19-2-8-23(9-3-19)34-29-26(27(31-34)20-4-6-22(30)7-5-20)28(21-10-15-38-17-21)39-18-25(36)33(29)16-24(35)32-11-13-37-14-12-32/h2-10,15,17,28H,11-14,16,18H2,1H3. The highest BCUT2D eigenvalue weighted by Gasteiger charge is 2.38. The first-order chi connectivity index (χ1) is 19.0. The zero-order valence-electron chi connectivity index (χ0n) is 21.4. The quantitative estimate of drug-likeness (QED) is 0.309. The van der Waals surface area contributed by atoms with Crippen molar-refractivity contribution in [3.8, 4) is 16.9 Å². The third-order valence-corrected chi connectivity index (χ3v) is 9.20. The van der Waals surface area contributed by atoms with Crippen LogP contribution in [0, 0.1) is 6.92 Å². The number of amides is 2. The third kappa shape index (κ3) is 5.24. The number of benzene rings is 2. The fraction of sp³-hybridized carbons (Fsp3) is 0.276. The largest absolute Gasteiger partial charge is 0.378 e. The Morgan fingerprint density at radius 1 is 1.08 bits per heavy atom. The van der Waals surface area contributed by atoms with Crippen molar-refractivity contribution in [3.05, 3.63) is 87.1 Å². The van der Waals surface area contributed by atoms with Crippen LogP contribution < -0.4 is 4.90 Å². The highest BCUT2D eigenvalue weighted by molar-refractivity contribution is 8.00. The van der Waals surface area contributed by atoms with Crippen molar-refractivity contribution in [2.24, 2.45) is 0 Å². The topological polar surface area (TPSA) is 67.7 Å². The van der Waals surface area contributed by atoms with E-state index < -0.39 is 0 Å². The highest BCUT2D eigenvalue weighted by Crippen LogP contribution is 2.49. The molecule has 0 N–H and O–H groups in total. The summed E-state index contributed by atoms with van der Waals surface area (Å²) >= 11 is 9.43. The minimum atomic E-state index is -0.136. The molecule has 0 aliphatic carbocycles. The number of rotatable bonds is 5. The number of fused-ring (bicyclic) bond motifs is 1. The molecule has 4 aromatic rings. The normalized spacial score (nSPS) is 17.7. The SMILES string of the molecule is Cc1ccc(-n2nc(-c3ccc(Cl)cc3)c3c2N(CC(=O)N2CCOCC2)C(=O)CSC3c2ccsc2)cc1. The van der Waals surface area contributed by atoms with Crippen LogP contribution >= 0.6 is 34.7 Å². The van der Waals surface area contributed by atoms with Gasteiger partial charge >= 0.3 is 0 Å². The predicted molar refractivity (Wildman–Crippen MR) is 157 cm³/mol. The van der Waals surface area contributed by atoms with Crippen molar-refractivity contribution >= 4 is 52.3 Å². The van der Waals surface area contributed by atoms with Crippen molar-refractivity contribution in [1.82, 2.24) is 14.7 Å². The van der Waals surface area contributed by atoms with E-state index >= 15 is 0 Å². The lowest BCUT2D eigenvalue weighted by molar-refractivity contribution is -0.134. The summed E-state index contributed by atoms with van der Waals surface area (Å²) in [6.45, 7) is 4.03. The Bertz CT molecular complexity index is 1480. The van der Waals surface area contributed by atoms with E-state index in [2.05, 4.69) is 11.4 Å². The molecule has 200 valence electrons. The molecule has 0 bridgehead atoms. The van der Waals surface area contributed by atoms with Crippen molar-refractivity contribution in [2.45, 2.75) is 12.2 Å². The smallest absolute Gasteiger partial charge is 0.242 e. The van der Waals surface area contributed by atoms with Crippen molar-refractivity contribution in [2.75, 3.05) is 43.5 Å². The summed E-state index contributed by atoms with van der Waals surface area (Å²) in [6.07, 6.45) is 0. The third-order valence-electron chi connectivity index (χ3n) is 6.99. The molecule has 2 aromatic carbocycles. The minimum absolute atomic E-state index is 0.0552. The van der Waals surface area contributed by atoms with Gasteiger partial charge in [-0.2, -0.15) is 16.4 Å². The maximum absolute atomic E-state index is 13.8. The second-order valence-corrected chi connectivity index (χ2v) is 11.9. The Balaban J connectivity index is 1.57. The van der Waals surface area contributed by atoms with Gasteiger partial charge in [-0.3, -0.25) is 14.5 Å². The first-order valence-electron chi connectivity index (χ1n) is 12.7. The van der Waals surface area contributed by atoms with Crippen LogP contribution in [0.1, 0.15) is 21.9 Å². The first-order valence-corrected chi connectivity index (χ1v) is 15.1.